The molecule has 0 spiro atoms. The fourth-order valence-electron chi connectivity index (χ4n) is 4.79. The molecule has 12 nitrogen and oxygen atoms in total. The van der Waals surface area contributed by atoms with Gasteiger partial charge in [0.25, 0.3) is 5.56 Å². The molecule has 2 N–H and O–H groups in total. The standard InChI is InChI=1S/C29H33F3N8O4/c1-17(13-33-25-19(3)26(43)40(16-18(2)41)28(44)38(25)4)10-11-24(42)37-23-9-5-7-21(36-23)20-14-34-27(35-15-20)39-12-6-8-22(39)29(30,31)32/h5,7,9-10,13-15,18,22,41H,6,8,11-12,16H2,1-4H3,(H,36,37,42)/b17-10-,33-13?/t18?,22-/m0/s1. The van der Waals surface area contributed by atoms with E-state index in [1.54, 1.807) is 31.2 Å². The van der Waals surface area contributed by atoms with Gasteiger partial charge in [0.2, 0.25) is 11.9 Å². The van der Waals surface area contributed by atoms with E-state index in [1.807, 2.05) is 0 Å². The summed E-state index contributed by atoms with van der Waals surface area (Å²) in [5, 5.41) is 12.3. The molecule has 0 aliphatic carbocycles. The molecule has 1 fully saturated rings. The molecule has 2 atom stereocenters. The highest BCUT2D eigenvalue weighted by Crippen LogP contribution is 2.34. The van der Waals surface area contributed by atoms with Gasteiger partial charge in [0, 0.05) is 44.2 Å². The van der Waals surface area contributed by atoms with Crippen molar-refractivity contribution in [1.29, 1.82) is 0 Å². The number of carbonyl (C=O) groups is 1. The molecule has 3 aromatic heterocycles. The zero-order chi connectivity index (χ0) is 32.2. The fraction of sp³-hybridized carbons (Fsp3) is 0.414. The molecular weight excluding hydrogens is 581 g/mol. The number of allylic oxidation sites excluding steroid dienone is 1. The number of anilines is 2. The Balaban J connectivity index is 1.40. The van der Waals surface area contributed by atoms with E-state index in [-0.39, 0.29) is 55.0 Å². The minimum Gasteiger partial charge on any atom is -0.392 e. The third-order valence-corrected chi connectivity index (χ3v) is 7.02. The molecule has 3 aromatic rings. The number of pyridine rings is 1. The predicted octanol–water partition coefficient (Wildman–Crippen LogP) is 3.30. The lowest BCUT2D eigenvalue weighted by Gasteiger charge is -2.26. The molecule has 1 unspecified atom stereocenters. The number of aromatic nitrogens is 5. The predicted molar refractivity (Wildman–Crippen MR) is 159 cm³/mol. The van der Waals surface area contributed by atoms with E-state index >= 15 is 0 Å². The molecule has 1 aliphatic heterocycles. The molecule has 15 heteroatoms. The van der Waals surface area contributed by atoms with Gasteiger partial charge in [0.1, 0.15) is 17.7 Å². The highest BCUT2D eigenvalue weighted by Gasteiger charge is 2.46. The van der Waals surface area contributed by atoms with Gasteiger partial charge < -0.3 is 15.3 Å². The quantitative estimate of drug-likeness (QED) is 0.349. The van der Waals surface area contributed by atoms with Crippen molar-refractivity contribution < 1.29 is 23.1 Å². The summed E-state index contributed by atoms with van der Waals surface area (Å²) in [7, 11) is 1.48. The zero-order valence-electron chi connectivity index (χ0n) is 24.7. The number of hydrogen-bond donors (Lipinski definition) is 2. The Kier molecular flexibility index (Phi) is 9.77. The van der Waals surface area contributed by atoms with Gasteiger partial charge in [-0.2, -0.15) is 13.2 Å². The number of hydrogen-bond acceptors (Lipinski definition) is 9. The summed E-state index contributed by atoms with van der Waals surface area (Å²) in [5.41, 5.74) is 0.600. The van der Waals surface area contributed by atoms with Crippen LogP contribution in [0.4, 0.5) is 30.8 Å². The summed E-state index contributed by atoms with van der Waals surface area (Å²) in [6.45, 7) is 4.82. The Hall–Kier alpha value is -4.66. The summed E-state index contributed by atoms with van der Waals surface area (Å²) in [6.07, 6.45) is 1.01. The van der Waals surface area contributed by atoms with Crippen LogP contribution in [-0.4, -0.2) is 66.2 Å². The molecule has 0 bridgehead atoms. The first-order valence-electron chi connectivity index (χ1n) is 13.9. The van der Waals surface area contributed by atoms with E-state index in [1.165, 1.54) is 44.1 Å². The van der Waals surface area contributed by atoms with Gasteiger partial charge in [0.05, 0.1) is 23.9 Å². The number of rotatable bonds is 9. The number of carbonyl (C=O) groups excluding carboxylic acids is 1. The number of nitrogens with zero attached hydrogens (tertiary/aromatic N) is 7. The molecule has 0 radical (unpaired) electrons. The Morgan fingerprint density at radius 1 is 1.25 bits per heavy atom. The monoisotopic (exact) mass is 614 g/mol. The average Bonchev–Trinajstić information content (AvgIpc) is 3.49. The number of halogens is 3. The van der Waals surface area contributed by atoms with Crippen LogP contribution < -0.4 is 21.5 Å². The summed E-state index contributed by atoms with van der Waals surface area (Å²) in [4.78, 5) is 55.9. The molecule has 4 heterocycles. The number of amides is 1. The molecule has 234 valence electrons. The van der Waals surface area contributed by atoms with E-state index in [0.717, 1.165) is 9.47 Å². The van der Waals surface area contributed by atoms with Crippen LogP contribution in [0.5, 0.6) is 0 Å². The largest absolute Gasteiger partial charge is 0.408 e. The zero-order valence-corrected chi connectivity index (χ0v) is 24.7. The van der Waals surface area contributed by atoms with Gasteiger partial charge >= 0.3 is 11.9 Å². The van der Waals surface area contributed by atoms with Crippen LogP contribution in [0.3, 0.4) is 0 Å². The van der Waals surface area contributed by atoms with Crippen LogP contribution in [0.2, 0.25) is 0 Å². The summed E-state index contributed by atoms with van der Waals surface area (Å²) < 4.78 is 42.1. The molecule has 44 heavy (non-hydrogen) atoms. The van der Waals surface area contributed by atoms with E-state index in [9.17, 15) is 32.7 Å². The second-order valence-electron chi connectivity index (χ2n) is 10.6. The van der Waals surface area contributed by atoms with Crippen molar-refractivity contribution in [2.24, 2.45) is 12.0 Å². The number of aliphatic imine (C=N–C) groups is 1. The van der Waals surface area contributed by atoms with Gasteiger partial charge in [0.15, 0.2) is 0 Å². The van der Waals surface area contributed by atoms with Gasteiger partial charge in [-0.3, -0.25) is 18.7 Å². The van der Waals surface area contributed by atoms with Crippen molar-refractivity contribution in [1.82, 2.24) is 24.1 Å². The first-order chi connectivity index (χ1) is 20.8. The van der Waals surface area contributed by atoms with Crippen LogP contribution in [0.25, 0.3) is 11.3 Å². The molecule has 4 rings (SSSR count). The maximum Gasteiger partial charge on any atom is 0.408 e. The van der Waals surface area contributed by atoms with Gasteiger partial charge in [-0.1, -0.05) is 12.1 Å². The van der Waals surface area contributed by atoms with Crippen molar-refractivity contribution >= 4 is 29.7 Å². The second-order valence-corrected chi connectivity index (χ2v) is 10.6. The molecular formula is C29H33F3N8O4. The Bertz CT molecular complexity index is 1660. The van der Waals surface area contributed by atoms with E-state index < -0.39 is 29.6 Å². The smallest absolute Gasteiger partial charge is 0.392 e. The second kappa shape index (κ2) is 13.3. The minimum atomic E-state index is -4.36. The number of nitrogens with one attached hydrogen (secondary N) is 1. The van der Waals surface area contributed by atoms with Crippen LogP contribution in [-0.2, 0) is 18.4 Å². The van der Waals surface area contributed by atoms with Crippen LogP contribution in [0.15, 0.2) is 56.8 Å². The third kappa shape index (κ3) is 7.45. The van der Waals surface area contributed by atoms with Crippen LogP contribution in [0, 0.1) is 6.92 Å². The Labute approximate surface area is 250 Å². The maximum atomic E-state index is 13.3. The minimum absolute atomic E-state index is 0.000957. The lowest BCUT2D eigenvalue weighted by molar-refractivity contribution is -0.146. The topological polar surface area (TPSA) is 148 Å². The molecule has 1 amide bonds. The summed E-state index contributed by atoms with van der Waals surface area (Å²) in [6, 6.07) is 3.32. The Morgan fingerprint density at radius 3 is 2.61 bits per heavy atom. The van der Waals surface area contributed by atoms with Crippen LogP contribution in [0.1, 0.15) is 38.7 Å². The highest BCUT2D eigenvalue weighted by atomic mass is 19.4. The van der Waals surface area contributed by atoms with Crippen molar-refractivity contribution in [3.63, 3.8) is 0 Å². The van der Waals surface area contributed by atoms with Crippen molar-refractivity contribution in [2.75, 3.05) is 16.8 Å². The molecule has 1 saturated heterocycles. The fourth-order valence-corrected chi connectivity index (χ4v) is 4.79. The first-order valence-corrected chi connectivity index (χ1v) is 13.9. The molecule has 1 aliphatic rings. The lowest BCUT2D eigenvalue weighted by atomic mass is 10.2. The van der Waals surface area contributed by atoms with E-state index in [4.69, 9.17) is 0 Å². The average molecular weight is 615 g/mol. The third-order valence-electron chi connectivity index (χ3n) is 7.02. The first kappa shape index (κ1) is 32.3. The van der Waals surface area contributed by atoms with Gasteiger partial charge in [-0.25, -0.2) is 24.7 Å². The highest BCUT2D eigenvalue weighted by molar-refractivity contribution is 5.92. The number of alkyl halides is 3. The van der Waals surface area contributed by atoms with Crippen molar-refractivity contribution in [2.45, 2.75) is 64.9 Å². The van der Waals surface area contributed by atoms with Crippen molar-refractivity contribution in [3.05, 3.63) is 68.6 Å². The van der Waals surface area contributed by atoms with Gasteiger partial charge in [-0.15, -0.1) is 0 Å². The van der Waals surface area contributed by atoms with Crippen LogP contribution >= 0.6 is 0 Å². The summed E-state index contributed by atoms with van der Waals surface area (Å²) >= 11 is 0. The van der Waals surface area contributed by atoms with E-state index in [0.29, 0.717) is 23.3 Å². The Morgan fingerprint density at radius 2 is 1.95 bits per heavy atom. The molecule has 0 aromatic carbocycles. The van der Waals surface area contributed by atoms with Gasteiger partial charge in [-0.05, 0) is 51.3 Å². The van der Waals surface area contributed by atoms with Crippen molar-refractivity contribution in [3.8, 4) is 11.3 Å². The van der Waals surface area contributed by atoms with E-state index in [2.05, 4.69) is 25.3 Å². The number of aliphatic hydroxyl groups excluding tert-OH is 1. The summed E-state index contributed by atoms with van der Waals surface area (Å²) in [5.74, 6) is 0.0568. The lowest BCUT2D eigenvalue weighted by Crippen LogP contribution is -2.42. The SMILES string of the molecule is C/C(C=Nc1c(C)c(=O)n(CC(C)O)c(=O)n1C)=C/CC(=O)Nc1cccc(-c2cnc(N3CCC[C@H]3C(F)(F)F)nc2)n1. The maximum absolute atomic E-state index is 13.3. The normalized spacial score (nSPS) is 16.5. The number of aliphatic hydroxyl groups is 1. The molecule has 0 saturated carbocycles.